The van der Waals surface area contributed by atoms with Crippen molar-refractivity contribution in [2.75, 3.05) is 18.9 Å². The van der Waals surface area contributed by atoms with E-state index in [0.717, 1.165) is 0 Å². The number of ether oxygens (including phenoxy) is 2. The zero-order chi connectivity index (χ0) is 12.4. The Morgan fingerprint density at radius 3 is 3.00 bits per heavy atom. The molecule has 2 N–H and O–H groups in total. The number of carbonyl (C=O) groups excluding carboxylic acids is 1. The fraction of sp³-hybridized carbons (Fsp3) is 0.417. The SMILES string of the molecule is Cc1cc(N)cc(C(=O)OC2CCOC2)c1F. The van der Waals surface area contributed by atoms with Crippen LogP contribution in [-0.2, 0) is 9.47 Å². The number of rotatable bonds is 2. The molecule has 0 aliphatic carbocycles. The summed E-state index contributed by atoms with van der Waals surface area (Å²) in [5, 5.41) is 0. The standard InChI is InChI=1S/C12H14FNO3/c1-7-4-8(14)5-10(11(7)13)12(15)17-9-2-3-16-6-9/h4-5,9H,2-3,6,14H2,1H3. The van der Waals surface area contributed by atoms with Crippen LogP contribution in [0, 0.1) is 12.7 Å². The first-order chi connectivity index (χ1) is 8.08. The van der Waals surface area contributed by atoms with E-state index in [-0.39, 0.29) is 11.7 Å². The molecule has 1 heterocycles. The Balaban J connectivity index is 2.18. The summed E-state index contributed by atoms with van der Waals surface area (Å²) in [7, 11) is 0. The second kappa shape index (κ2) is 4.71. The van der Waals surface area contributed by atoms with Crippen LogP contribution >= 0.6 is 0 Å². The Kier molecular flexibility index (Phi) is 3.28. The summed E-state index contributed by atoms with van der Waals surface area (Å²) < 4.78 is 23.9. The number of anilines is 1. The lowest BCUT2D eigenvalue weighted by molar-refractivity contribution is 0.0265. The van der Waals surface area contributed by atoms with Crippen LogP contribution in [-0.4, -0.2) is 25.3 Å². The van der Waals surface area contributed by atoms with Gasteiger partial charge in [0.1, 0.15) is 11.9 Å². The summed E-state index contributed by atoms with van der Waals surface area (Å²) in [6, 6.07) is 2.77. The summed E-state index contributed by atoms with van der Waals surface area (Å²) in [4.78, 5) is 11.8. The maximum absolute atomic E-state index is 13.7. The van der Waals surface area contributed by atoms with Crippen molar-refractivity contribution in [1.82, 2.24) is 0 Å². The zero-order valence-electron chi connectivity index (χ0n) is 9.53. The minimum atomic E-state index is -0.687. The fourth-order valence-corrected chi connectivity index (χ4v) is 1.77. The van der Waals surface area contributed by atoms with Gasteiger partial charge in [-0.25, -0.2) is 9.18 Å². The minimum Gasteiger partial charge on any atom is -0.456 e. The van der Waals surface area contributed by atoms with Crippen LogP contribution in [0.15, 0.2) is 12.1 Å². The number of nitrogens with two attached hydrogens (primary N) is 1. The molecule has 0 bridgehead atoms. The van der Waals surface area contributed by atoms with Gasteiger partial charge in [-0.1, -0.05) is 0 Å². The first kappa shape index (κ1) is 11.9. The third-order valence-corrected chi connectivity index (χ3v) is 2.66. The highest BCUT2D eigenvalue weighted by atomic mass is 19.1. The molecule has 17 heavy (non-hydrogen) atoms. The number of hydrogen-bond donors (Lipinski definition) is 1. The van der Waals surface area contributed by atoms with Crippen LogP contribution in [0.3, 0.4) is 0 Å². The van der Waals surface area contributed by atoms with Crippen molar-refractivity contribution >= 4 is 11.7 Å². The zero-order valence-corrected chi connectivity index (χ0v) is 9.53. The quantitative estimate of drug-likeness (QED) is 0.629. The average Bonchev–Trinajstić information content (AvgIpc) is 2.76. The van der Waals surface area contributed by atoms with E-state index < -0.39 is 11.8 Å². The van der Waals surface area contributed by atoms with Crippen molar-refractivity contribution in [3.8, 4) is 0 Å². The monoisotopic (exact) mass is 239 g/mol. The normalized spacial score (nSPS) is 19.3. The van der Waals surface area contributed by atoms with Gasteiger partial charge in [0.15, 0.2) is 0 Å². The molecule has 1 atom stereocenters. The number of aryl methyl sites for hydroxylation is 1. The highest BCUT2D eigenvalue weighted by Gasteiger charge is 2.23. The van der Waals surface area contributed by atoms with E-state index in [1.807, 2.05) is 0 Å². The molecule has 92 valence electrons. The third-order valence-electron chi connectivity index (χ3n) is 2.66. The van der Waals surface area contributed by atoms with Crippen LogP contribution in [0.4, 0.5) is 10.1 Å². The van der Waals surface area contributed by atoms with Crippen molar-refractivity contribution in [3.63, 3.8) is 0 Å². The molecule has 4 nitrogen and oxygen atoms in total. The highest BCUT2D eigenvalue weighted by Crippen LogP contribution is 2.19. The van der Waals surface area contributed by atoms with Gasteiger partial charge in [0.25, 0.3) is 0 Å². The minimum absolute atomic E-state index is 0.116. The fourth-order valence-electron chi connectivity index (χ4n) is 1.77. The number of halogens is 1. The predicted molar refractivity (Wildman–Crippen MR) is 60.2 cm³/mol. The number of benzene rings is 1. The van der Waals surface area contributed by atoms with Gasteiger partial charge in [-0.2, -0.15) is 0 Å². The first-order valence-electron chi connectivity index (χ1n) is 5.42. The van der Waals surface area contributed by atoms with Gasteiger partial charge in [0.05, 0.1) is 18.8 Å². The van der Waals surface area contributed by atoms with Crippen molar-refractivity contribution in [2.45, 2.75) is 19.4 Å². The van der Waals surface area contributed by atoms with E-state index in [9.17, 15) is 9.18 Å². The molecule has 1 aliphatic heterocycles. The Morgan fingerprint density at radius 2 is 2.35 bits per heavy atom. The molecule has 0 spiro atoms. The molecular formula is C12H14FNO3. The van der Waals surface area contributed by atoms with Gasteiger partial charge in [-0.05, 0) is 24.6 Å². The maximum Gasteiger partial charge on any atom is 0.341 e. The van der Waals surface area contributed by atoms with Crippen molar-refractivity contribution in [1.29, 1.82) is 0 Å². The molecule has 1 fully saturated rings. The summed E-state index contributed by atoms with van der Waals surface area (Å²) in [5.41, 5.74) is 6.14. The molecule has 0 amide bonds. The third kappa shape index (κ3) is 2.55. The van der Waals surface area contributed by atoms with Gasteiger partial charge in [-0.15, -0.1) is 0 Å². The van der Waals surface area contributed by atoms with Gasteiger partial charge < -0.3 is 15.2 Å². The lowest BCUT2D eigenvalue weighted by atomic mass is 10.1. The Morgan fingerprint density at radius 1 is 1.59 bits per heavy atom. The smallest absolute Gasteiger partial charge is 0.341 e. The molecule has 1 saturated heterocycles. The number of hydrogen-bond acceptors (Lipinski definition) is 4. The lowest BCUT2D eigenvalue weighted by Crippen LogP contribution is -2.19. The van der Waals surface area contributed by atoms with Crippen LogP contribution in [0.25, 0.3) is 0 Å². The predicted octanol–water partition coefficient (Wildman–Crippen LogP) is 1.66. The van der Waals surface area contributed by atoms with Crippen LogP contribution in [0.1, 0.15) is 22.3 Å². The summed E-state index contributed by atoms with van der Waals surface area (Å²) in [5.74, 6) is -1.27. The molecule has 1 aliphatic rings. The molecule has 1 aromatic carbocycles. The van der Waals surface area contributed by atoms with E-state index in [0.29, 0.717) is 30.9 Å². The first-order valence-corrected chi connectivity index (χ1v) is 5.42. The van der Waals surface area contributed by atoms with Gasteiger partial charge in [0.2, 0.25) is 0 Å². The van der Waals surface area contributed by atoms with E-state index in [2.05, 4.69) is 0 Å². The van der Waals surface area contributed by atoms with Crippen molar-refractivity contribution < 1.29 is 18.7 Å². The Hall–Kier alpha value is -1.62. The van der Waals surface area contributed by atoms with Crippen molar-refractivity contribution in [3.05, 3.63) is 29.1 Å². The van der Waals surface area contributed by atoms with Crippen molar-refractivity contribution in [2.24, 2.45) is 0 Å². The number of esters is 1. The molecule has 0 aromatic heterocycles. The number of nitrogen functional groups attached to an aromatic ring is 1. The molecule has 1 aromatic rings. The highest BCUT2D eigenvalue weighted by molar-refractivity contribution is 5.91. The lowest BCUT2D eigenvalue weighted by Gasteiger charge is -2.11. The van der Waals surface area contributed by atoms with Gasteiger partial charge in [0, 0.05) is 12.1 Å². The molecule has 1 unspecified atom stereocenters. The summed E-state index contributed by atoms with van der Waals surface area (Å²) in [6.07, 6.45) is 0.359. The summed E-state index contributed by atoms with van der Waals surface area (Å²) in [6.45, 7) is 2.49. The molecule has 0 saturated carbocycles. The van der Waals surface area contributed by atoms with Crippen LogP contribution in [0.2, 0.25) is 0 Å². The molecule has 0 radical (unpaired) electrons. The molecule has 5 heteroatoms. The number of carbonyl (C=O) groups is 1. The average molecular weight is 239 g/mol. The van der Waals surface area contributed by atoms with Crippen LogP contribution in [0.5, 0.6) is 0 Å². The molecular weight excluding hydrogens is 225 g/mol. The Labute approximate surface area is 98.5 Å². The van der Waals surface area contributed by atoms with Crippen LogP contribution < -0.4 is 5.73 Å². The van der Waals surface area contributed by atoms with E-state index in [4.69, 9.17) is 15.2 Å². The van der Waals surface area contributed by atoms with E-state index in [1.54, 1.807) is 6.92 Å². The van der Waals surface area contributed by atoms with E-state index in [1.165, 1.54) is 12.1 Å². The second-order valence-corrected chi connectivity index (χ2v) is 4.09. The second-order valence-electron chi connectivity index (χ2n) is 4.09. The van der Waals surface area contributed by atoms with Gasteiger partial charge >= 0.3 is 5.97 Å². The maximum atomic E-state index is 13.7. The molecule has 2 rings (SSSR count). The van der Waals surface area contributed by atoms with Gasteiger partial charge in [-0.3, -0.25) is 0 Å². The van der Waals surface area contributed by atoms with E-state index >= 15 is 0 Å². The topological polar surface area (TPSA) is 61.6 Å². The Bertz CT molecular complexity index is 442. The summed E-state index contributed by atoms with van der Waals surface area (Å²) >= 11 is 0. The largest absolute Gasteiger partial charge is 0.456 e.